The van der Waals surface area contributed by atoms with Crippen molar-refractivity contribution < 1.29 is 0 Å². The number of fused-ring (bicyclic) bond motifs is 2. The zero-order valence-corrected chi connectivity index (χ0v) is 19.5. The fraction of sp³-hybridized carbons (Fsp3) is 0.250. The number of imidazole rings is 2. The van der Waals surface area contributed by atoms with E-state index < -0.39 is 0 Å². The van der Waals surface area contributed by atoms with E-state index in [4.69, 9.17) is 4.98 Å². The van der Waals surface area contributed by atoms with Gasteiger partial charge in [0.25, 0.3) is 5.56 Å². The Morgan fingerprint density at radius 2 is 1.76 bits per heavy atom. The number of thioether (sulfide) groups is 1. The minimum Gasteiger partial charge on any atom is -0.328 e. The Bertz CT molecular complexity index is 1590. The third-order valence-electron chi connectivity index (χ3n) is 5.78. The lowest BCUT2D eigenvalue weighted by atomic mass is 10.2. The molecule has 0 aliphatic carbocycles. The van der Waals surface area contributed by atoms with Crippen molar-refractivity contribution in [2.45, 2.75) is 25.0 Å². The lowest BCUT2D eigenvalue weighted by Crippen LogP contribution is -2.39. The van der Waals surface area contributed by atoms with Crippen LogP contribution in [0.1, 0.15) is 12.0 Å². The Morgan fingerprint density at radius 1 is 1.00 bits per heavy atom. The van der Waals surface area contributed by atoms with Gasteiger partial charge < -0.3 is 4.57 Å². The van der Waals surface area contributed by atoms with E-state index in [1.54, 1.807) is 36.8 Å². The van der Waals surface area contributed by atoms with Crippen LogP contribution in [0.5, 0.6) is 0 Å². The molecule has 9 heteroatoms. The van der Waals surface area contributed by atoms with Crippen LogP contribution in [0.15, 0.2) is 69.6 Å². The van der Waals surface area contributed by atoms with Crippen LogP contribution < -0.4 is 11.2 Å². The third-order valence-corrected chi connectivity index (χ3v) is 6.81. The lowest BCUT2D eigenvalue weighted by Gasteiger charge is -2.10. The van der Waals surface area contributed by atoms with E-state index in [-0.39, 0.29) is 11.2 Å². The van der Waals surface area contributed by atoms with E-state index in [1.807, 2.05) is 18.2 Å². The molecular formula is C24H24N6O2S. The summed E-state index contributed by atoms with van der Waals surface area (Å²) in [7, 11) is 3.41. The Labute approximate surface area is 194 Å². The van der Waals surface area contributed by atoms with Gasteiger partial charge in [-0.1, -0.05) is 41.6 Å². The highest BCUT2D eigenvalue weighted by Crippen LogP contribution is 2.28. The van der Waals surface area contributed by atoms with Gasteiger partial charge in [0.05, 0.1) is 17.4 Å². The van der Waals surface area contributed by atoms with E-state index >= 15 is 0 Å². The Kier molecular flexibility index (Phi) is 5.41. The predicted octanol–water partition coefficient (Wildman–Crippen LogP) is 3.26. The summed E-state index contributed by atoms with van der Waals surface area (Å²) in [5.41, 5.74) is 4.45. The summed E-state index contributed by atoms with van der Waals surface area (Å²) in [5.74, 6) is 0.716. The standard InChI is InChI=1S/C24H24N6O2S/c1-16-9-11-17(12-10-16)30-19-8-5-4-7-18(19)26-23(30)33-14-6-13-29-22(31)20-21(25-15-27(20)2)28(3)24(29)32/h4-5,7-12,15H,6,13-14H2,1-3H3. The Balaban J connectivity index is 1.40. The normalized spacial score (nSPS) is 11.6. The van der Waals surface area contributed by atoms with Crippen molar-refractivity contribution in [1.29, 1.82) is 0 Å². The summed E-state index contributed by atoms with van der Waals surface area (Å²) in [6.07, 6.45) is 2.21. The summed E-state index contributed by atoms with van der Waals surface area (Å²) in [6.45, 7) is 2.41. The Morgan fingerprint density at radius 3 is 2.55 bits per heavy atom. The van der Waals surface area contributed by atoms with Gasteiger partial charge in [-0.25, -0.2) is 14.8 Å². The summed E-state index contributed by atoms with van der Waals surface area (Å²) in [5, 5.41) is 0.891. The van der Waals surface area contributed by atoms with Gasteiger partial charge >= 0.3 is 5.69 Å². The van der Waals surface area contributed by atoms with Crippen LogP contribution in [0.2, 0.25) is 0 Å². The van der Waals surface area contributed by atoms with Crippen LogP contribution in [0, 0.1) is 6.92 Å². The first-order chi connectivity index (χ1) is 16.0. The van der Waals surface area contributed by atoms with Gasteiger partial charge in [-0.3, -0.25) is 18.5 Å². The molecule has 0 atom stereocenters. The molecule has 0 fully saturated rings. The van der Waals surface area contributed by atoms with Gasteiger partial charge in [0, 0.05) is 32.1 Å². The number of aromatic nitrogens is 6. The smallest absolute Gasteiger partial charge is 0.328 e. The summed E-state index contributed by atoms with van der Waals surface area (Å²) < 4.78 is 6.55. The number of rotatable bonds is 6. The van der Waals surface area contributed by atoms with Crippen molar-refractivity contribution >= 4 is 34.0 Å². The van der Waals surface area contributed by atoms with E-state index in [0.717, 1.165) is 21.9 Å². The second kappa shape index (κ2) is 8.40. The maximum Gasteiger partial charge on any atom is 0.332 e. The molecule has 168 valence electrons. The van der Waals surface area contributed by atoms with Gasteiger partial charge in [0.2, 0.25) is 0 Å². The minimum atomic E-state index is -0.344. The maximum atomic E-state index is 12.9. The van der Waals surface area contributed by atoms with Crippen LogP contribution in [0.25, 0.3) is 27.9 Å². The number of para-hydroxylation sites is 2. The first-order valence-electron chi connectivity index (χ1n) is 10.7. The topological polar surface area (TPSA) is 79.6 Å². The zero-order chi connectivity index (χ0) is 23.1. The average Bonchev–Trinajstić information content (AvgIpc) is 3.38. The van der Waals surface area contributed by atoms with Gasteiger partial charge in [0.1, 0.15) is 0 Å². The van der Waals surface area contributed by atoms with E-state index in [2.05, 4.69) is 46.8 Å². The molecule has 0 radical (unpaired) electrons. The zero-order valence-electron chi connectivity index (χ0n) is 18.7. The molecule has 5 aromatic rings. The molecule has 5 rings (SSSR count). The number of hydrogen-bond acceptors (Lipinski definition) is 5. The molecule has 2 aromatic carbocycles. The van der Waals surface area contributed by atoms with E-state index in [1.165, 1.54) is 14.7 Å². The van der Waals surface area contributed by atoms with Gasteiger partial charge in [-0.05, 0) is 37.6 Å². The molecule has 33 heavy (non-hydrogen) atoms. The summed E-state index contributed by atoms with van der Waals surface area (Å²) in [6, 6.07) is 16.5. The quantitative estimate of drug-likeness (QED) is 0.287. The van der Waals surface area contributed by atoms with Crippen LogP contribution in [-0.4, -0.2) is 34.0 Å². The molecule has 0 aliphatic heterocycles. The molecule has 0 N–H and O–H groups in total. The van der Waals surface area contributed by atoms with Crippen LogP contribution in [0.3, 0.4) is 0 Å². The van der Waals surface area contributed by atoms with Crippen molar-refractivity contribution in [1.82, 2.24) is 28.2 Å². The molecule has 3 heterocycles. The van der Waals surface area contributed by atoms with Crippen molar-refractivity contribution in [3.05, 3.63) is 81.3 Å². The fourth-order valence-corrected chi connectivity index (χ4v) is 4.98. The van der Waals surface area contributed by atoms with Crippen molar-refractivity contribution in [3.8, 4) is 5.69 Å². The van der Waals surface area contributed by atoms with Gasteiger partial charge in [-0.2, -0.15) is 0 Å². The van der Waals surface area contributed by atoms with Crippen molar-refractivity contribution in [2.24, 2.45) is 14.1 Å². The second-order valence-corrected chi connectivity index (χ2v) is 9.14. The largest absolute Gasteiger partial charge is 0.332 e. The van der Waals surface area contributed by atoms with Crippen molar-refractivity contribution in [2.75, 3.05) is 5.75 Å². The maximum absolute atomic E-state index is 12.9. The second-order valence-electron chi connectivity index (χ2n) is 8.08. The number of nitrogens with zero attached hydrogens (tertiary/aromatic N) is 6. The molecule has 0 spiro atoms. The SMILES string of the molecule is Cc1ccc(-n2c(SCCCn3c(=O)c4c(ncn4C)n(C)c3=O)nc3ccccc32)cc1. The van der Waals surface area contributed by atoms with E-state index in [9.17, 15) is 9.59 Å². The molecule has 8 nitrogen and oxygen atoms in total. The summed E-state index contributed by atoms with van der Waals surface area (Å²) in [4.78, 5) is 34.6. The predicted molar refractivity (Wildman–Crippen MR) is 131 cm³/mol. The van der Waals surface area contributed by atoms with E-state index in [0.29, 0.717) is 29.9 Å². The van der Waals surface area contributed by atoms with Crippen LogP contribution in [-0.2, 0) is 20.6 Å². The molecule has 0 bridgehead atoms. The lowest BCUT2D eigenvalue weighted by molar-refractivity contribution is 0.594. The number of hydrogen-bond donors (Lipinski definition) is 0. The van der Waals surface area contributed by atoms with Gasteiger partial charge in [0.15, 0.2) is 16.3 Å². The monoisotopic (exact) mass is 460 g/mol. The Hall–Kier alpha value is -3.59. The molecule has 0 saturated carbocycles. The van der Waals surface area contributed by atoms with Crippen molar-refractivity contribution in [3.63, 3.8) is 0 Å². The highest BCUT2D eigenvalue weighted by Gasteiger charge is 2.16. The van der Waals surface area contributed by atoms with Crippen LogP contribution in [0.4, 0.5) is 0 Å². The van der Waals surface area contributed by atoms with Gasteiger partial charge in [-0.15, -0.1) is 0 Å². The molecule has 3 aromatic heterocycles. The highest BCUT2D eigenvalue weighted by molar-refractivity contribution is 7.99. The number of benzene rings is 2. The minimum absolute atomic E-state index is 0.301. The number of aryl methyl sites for hydroxylation is 3. The molecule has 0 unspecified atom stereocenters. The molecule has 0 amide bonds. The molecule has 0 aliphatic rings. The molecular weight excluding hydrogens is 436 g/mol. The average molecular weight is 461 g/mol. The first kappa shape index (κ1) is 21.3. The third kappa shape index (κ3) is 3.68. The summed E-state index contributed by atoms with van der Waals surface area (Å²) >= 11 is 1.63. The van der Waals surface area contributed by atoms with Crippen LogP contribution >= 0.6 is 11.8 Å². The fourth-order valence-electron chi connectivity index (χ4n) is 4.02. The first-order valence-corrected chi connectivity index (χ1v) is 11.7. The molecule has 0 saturated heterocycles. The highest BCUT2D eigenvalue weighted by atomic mass is 32.2.